The van der Waals surface area contributed by atoms with Crippen LogP contribution >= 0.6 is 0 Å². The second kappa shape index (κ2) is 9.57. The molecule has 2 N–H and O–H groups in total. The standard InChI is InChI=1S/C26H31N3O4/c1-16-17(2)28-22-7-5-19(11-21(16)22)14-27-26(31)20-13-25(30)29(15-20)10-9-18-6-8-23(32-3)24(12-18)33-4/h5-8,11-12,20,28H,9-10,13-15H2,1-4H3,(H,27,31). The number of fused-ring (bicyclic) bond motifs is 1. The summed E-state index contributed by atoms with van der Waals surface area (Å²) >= 11 is 0. The molecule has 3 aromatic rings. The number of methoxy groups -OCH3 is 2. The quantitative estimate of drug-likeness (QED) is 0.551. The maximum atomic E-state index is 12.7. The van der Waals surface area contributed by atoms with Crippen LogP contribution in [0.15, 0.2) is 36.4 Å². The Balaban J connectivity index is 1.31. The predicted molar refractivity (Wildman–Crippen MR) is 128 cm³/mol. The molecule has 7 heteroatoms. The molecule has 1 aromatic heterocycles. The van der Waals surface area contributed by atoms with Crippen LogP contribution < -0.4 is 14.8 Å². The molecular weight excluding hydrogens is 418 g/mol. The fraction of sp³-hybridized carbons (Fsp3) is 0.385. The molecule has 1 atom stereocenters. The first-order valence-corrected chi connectivity index (χ1v) is 11.2. The summed E-state index contributed by atoms with van der Waals surface area (Å²) < 4.78 is 10.6. The number of hydrogen-bond donors (Lipinski definition) is 2. The molecule has 174 valence electrons. The smallest absolute Gasteiger partial charge is 0.225 e. The van der Waals surface area contributed by atoms with Gasteiger partial charge in [0.25, 0.3) is 0 Å². The third-order valence-corrected chi connectivity index (χ3v) is 6.54. The Kier molecular flexibility index (Phi) is 6.58. The van der Waals surface area contributed by atoms with Gasteiger partial charge in [0.2, 0.25) is 11.8 Å². The Morgan fingerprint density at radius 1 is 1.09 bits per heavy atom. The van der Waals surface area contributed by atoms with Crippen molar-refractivity contribution < 1.29 is 19.1 Å². The maximum absolute atomic E-state index is 12.7. The van der Waals surface area contributed by atoms with Crippen molar-refractivity contribution in [3.05, 3.63) is 58.8 Å². The average Bonchev–Trinajstić information content (AvgIpc) is 3.34. The van der Waals surface area contributed by atoms with Gasteiger partial charge in [0, 0.05) is 42.7 Å². The molecule has 0 saturated carbocycles. The molecule has 1 unspecified atom stereocenters. The predicted octanol–water partition coefficient (Wildman–Crippen LogP) is 3.51. The van der Waals surface area contributed by atoms with Crippen LogP contribution in [0.1, 0.15) is 28.8 Å². The number of H-pyrrole nitrogens is 1. The number of ether oxygens (including phenoxy) is 2. The lowest BCUT2D eigenvalue weighted by atomic mass is 10.1. The van der Waals surface area contributed by atoms with Crippen molar-refractivity contribution in [1.29, 1.82) is 0 Å². The van der Waals surface area contributed by atoms with Crippen molar-refractivity contribution in [3.63, 3.8) is 0 Å². The Hall–Kier alpha value is -3.48. The molecule has 2 heterocycles. The van der Waals surface area contributed by atoms with Gasteiger partial charge in [-0.25, -0.2) is 0 Å². The van der Waals surface area contributed by atoms with Gasteiger partial charge in [0.15, 0.2) is 11.5 Å². The molecule has 4 rings (SSSR count). The zero-order chi connectivity index (χ0) is 23.5. The van der Waals surface area contributed by atoms with Gasteiger partial charge in [0.1, 0.15) is 0 Å². The van der Waals surface area contributed by atoms with E-state index in [2.05, 4.69) is 30.2 Å². The van der Waals surface area contributed by atoms with Crippen LogP contribution in [0.2, 0.25) is 0 Å². The fourth-order valence-corrected chi connectivity index (χ4v) is 4.42. The first-order valence-electron chi connectivity index (χ1n) is 11.2. The Labute approximate surface area is 194 Å². The highest BCUT2D eigenvalue weighted by Gasteiger charge is 2.33. The largest absolute Gasteiger partial charge is 0.493 e. The van der Waals surface area contributed by atoms with E-state index in [1.807, 2.05) is 30.3 Å². The molecule has 1 fully saturated rings. The fourth-order valence-electron chi connectivity index (χ4n) is 4.42. The number of benzene rings is 2. The van der Waals surface area contributed by atoms with E-state index < -0.39 is 0 Å². The van der Waals surface area contributed by atoms with Crippen LogP contribution in [0.4, 0.5) is 0 Å². The monoisotopic (exact) mass is 449 g/mol. The van der Waals surface area contributed by atoms with Crippen LogP contribution in [-0.4, -0.2) is 49.0 Å². The van der Waals surface area contributed by atoms with E-state index >= 15 is 0 Å². The number of aromatic nitrogens is 1. The van der Waals surface area contributed by atoms with Crippen molar-refractivity contribution in [2.24, 2.45) is 5.92 Å². The van der Waals surface area contributed by atoms with Gasteiger partial charge in [-0.1, -0.05) is 12.1 Å². The second-order valence-electron chi connectivity index (χ2n) is 8.65. The third-order valence-electron chi connectivity index (χ3n) is 6.54. The number of aryl methyl sites for hydroxylation is 2. The summed E-state index contributed by atoms with van der Waals surface area (Å²) in [5, 5.41) is 4.19. The number of carbonyl (C=O) groups excluding carboxylic acids is 2. The first-order chi connectivity index (χ1) is 15.9. The Morgan fingerprint density at radius 3 is 2.61 bits per heavy atom. The number of hydrogen-bond acceptors (Lipinski definition) is 4. The van der Waals surface area contributed by atoms with E-state index in [4.69, 9.17) is 9.47 Å². The van der Waals surface area contributed by atoms with Gasteiger partial charge in [-0.2, -0.15) is 0 Å². The summed E-state index contributed by atoms with van der Waals surface area (Å²) in [6.07, 6.45) is 0.947. The molecule has 33 heavy (non-hydrogen) atoms. The molecule has 0 radical (unpaired) electrons. The van der Waals surface area contributed by atoms with Crippen molar-refractivity contribution in [2.45, 2.75) is 33.2 Å². The lowest BCUT2D eigenvalue weighted by Gasteiger charge is -2.17. The molecule has 0 spiro atoms. The van der Waals surface area contributed by atoms with E-state index in [9.17, 15) is 9.59 Å². The van der Waals surface area contributed by atoms with Gasteiger partial charge in [-0.3, -0.25) is 9.59 Å². The minimum absolute atomic E-state index is 0.0236. The van der Waals surface area contributed by atoms with Gasteiger partial charge in [0.05, 0.1) is 20.1 Å². The minimum Gasteiger partial charge on any atom is -0.493 e. The number of aromatic amines is 1. The summed E-state index contributed by atoms with van der Waals surface area (Å²) in [6.45, 7) is 5.63. The summed E-state index contributed by atoms with van der Waals surface area (Å²) in [6, 6.07) is 11.9. The average molecular weight is 450 g/mol. The Bertz CT molecular complexity index is 1180. The van der Waals surface area contributed by atoms with Gasteiger partial charge >= 0.3 is 0 Å². The highest BCUT2D eigenvalue weighted by Crippen LogP contribution is 2.28. The van der Waals surface area contributed by atoms with Gasteiger partial charge in [-0.15, -0.1) is 0 Å². The van der Waals surface area contributed by atoms with Gasteiger partial charge < -0.3 is 24.7 Å². The van der Waals surface area contributed by atoms with E-state index in [0.29, 0.717) is 37.6 Å². The Morgan fingerprint density at radius 2 is 1.85 bits per heavy atom. The van der Waals surface area contributed by atoms with Crippen molar-refractivity contribution in [3.8, 4) is 11.5 Å². The van der Waals surface area contributed by atoms with Crippen molar-refractivity contribution >= 4 is 22.7 Å². The van der Waals surface area contributed by atoms with Crippen LogP contribution in [0.25, 0.3) is 10.9 Å². The van der Waals surface area contributed by atoms with E-state index in [0.717, 1.165) is 22.3 Å². The van der Waals surface area contributed by atoms with Crippen molar-refractivity contribution in [1.82, 2.24) is 15.2 Å². The molecule has 1 aliphatic heterocycles. The second-order valence-corrected chi connectivity index (χ2v) is 8.65. The topological polar surface area (TPSA) is 83.7 Å². The maximum Gasteiger partial charge on any atom is 0.225 e. The summed E-state index contributed by atoms with van der Waals surface area (Å²) in [5.74, 6) is 0.983. The number of likely N-dealkylation sites (tertiary alicyclic amines) is 1. The minimum atomic E-state index is -0.317. The molecule has 0 bridgehead atoms. The van der Waals surface area contributed by atoms with Crippen LogP contribution in [0.3, 0.4) is 0 Å². The number of amides is 2. The SMILES string of the molecule is COc1ccc(CCN2CC(C(=O)NCc3ccc4[nH]c(C)c(C)c4c3)CC2=O)cc1OC. The van der Waals surface area contributed by atoms with E-state index in [1.165, 1.54) is 10.9 Å². The van der Waals surface area contributed by atoms with Gasteiger partial charge in [-0.05, 0) is 61.2 Å². The van der Waals surface area contributed by atoms with Crippen LogP contribution in [0, 0.1) is 19.8 Å². The summed E-state index contributed by atoms with van der Waals surface area (Å²) in [5.41, 5.74) is 5.59. The molecule has 2 aromatic carbocycles. The highest BCUT2D eigenvalue weighted by atomic mass is 16.5. The number of nitrogens with zero attached hydrogens (tertiary/aromatic N) is 1. The zero-order valence-electron chi connectivity index (χ0n) is 19.7. The molecular formula is C26H31N3O4. The lowest BCUT2D eigenvalue weighted by molar-refractivity contribution is -0.129. The molecule has 1 saturated heterocycles. The number of nitrogens with one attached hydrogen (secondary N) is 2. The van der Waals surface area contributed by atoms with Crippen molar-refractivity contribution in [2.75, 3.05) is 27.3 Å². The molecule has 1 aliphatic rings. The van der Waals surface area contributed by atoms with Crippen LogP contribution in [-0.2, 0) is 22.6 Å². The third kappa shape index (κ3) is 4.82. The lowest BCUT2D eigenvalue weighted by Crippen LogP contribution is -2.33. The summed E-state index contributed by atoms with van der Waals surface area (Å²) in [4.78, 5) is 30.4. The number of rotatable bonds is 8. The number of carbonyl (C=O) groups is 2. The summed E-state index contributed by atoms with van der Waals surface area (Å²) in [7, 11) is 3.21. The molecule has 2 amide bonds. The van der Waals surface area contributed by atoms with Crippen LogP contribution in [0.5, 0.6) is 11.5 Å². The van der Waals surface area contributed by atoms with E-state index in [-0.39, 0.29) is 24.2 Å². The normalized spacial score (nSPS) is 15.8. The molecule has 0 aliphatic carbocycles. The van der Waals surface area contributed by atoms with E-state index in [1.54, 1.807) is 19.1 Å². The first kappa shape index (κ1) is 22.7. The zero-order valence-corrected chi connectivity index (χ0v) is 19.7. The highest BCUT2D eigenvalue weighted by molar-refractivity contribution is 5.89. The molecule has 7 nitrogen and oxygen atoms in total.